The van der Waals surface area contributed by atoms with Gasteiger partial charge in [-0.15, -0.1) is 0 Å². The van der Waals surface area contributed by atoms with E-state index in [4.69, 9.17) is 4.74 Å². The molecule has 1 aromatic rings. The first-order valence-electron chi connectivity index (χ1n) is 9.00. The number of amides is 1. The summed E-state index contributed by atoms with van der Waals surface area (Å²) >= 11 is 0. The van der Waals surface area contributed by atoms with Crippen LogP contribution in [0.1, 0.15) is 50.6 Å². The van der Waals surface area contributed by atoms with E-state index in [-0.39, 0.29) is 11.9 Å². The summed E-state index contributed by atoms with van der Waals surface area (Å²) in [6.45, 7) is 5.65. The molecule has 2 aliphatic rings. The van der Waals surface area contributed by atoms with E-state index < -0.39 is 0 Å². The number of ether oxygens (including phenoxy) is 1. The molecule has 1 atom stereocenters. The van der Waals surface area contributed by atoms with Crippen molar-refractivity contribution >= 4 is 11.6 Å². The van der Waals surface area contributed by atoms with E-state index in [2.05, 4.69) is 41.4 Å². The van der Waals surface area contributed by atoms with Crippen LogP contribution in [0.5, 0.6) is 0 Å². The largest absolute Gasteiger partial charge is 0.378 e. The normalized spacial score (nSPS) is 19.4. The maximum Gasteiger partial charge on any atom is 0.220 e. The Bertz CT molecular complexity index is 505. The topological polar surface area (TPSA) is 41.6 Å². The lowest BCUT2D eigenvalue weighted by Crippen LogP contribution is -2.36. The molecule has 1 heterocycles. The summed E-state index contributed by atoms with van der Waals surface area (Å²) in [4.78, 5) is 14.5. The quantitative estimate of drug-likeness (QED) is 0.839. The number of unbranched alkanes of at least 4 members (excludes halogenated alkanes) is 1. The van der Waals surface area contributed by atoms with Gasteiger partial charge in [0.15, 0.2) is 0 Å². The molecular weight excluding hydrogens is 288 g/mol. The fourth-order valence-electron chi connectivity index (χ4n) is 3.20. The Morgan fingerprint density at radius 1 is 1.26 bits per heavy atom. The Kier molecular flexibility index (Phi) is 5.55. The van der Waals surface area contributed by atoms with Crippen molar-refractivity contribution in [2.75, 3.05) is 31.2 Å². The van der Waals surface area contributed by atoms with E-state index in [1.807, 2.05) is 0 Å². The van der Waals surface area contributed by atoms with Crippen molar-refractivity contribution in [1.29, 1.82) is 0 Å². The molecule has 0 spiro atoms. The van der Waals surface area contributed by atoms with Crippen LogP contribution in [0.25, 0.3) is 0 Å². The third kappa shape index (κ3) is 4.47. The van der Waals surface area contributed by atoms with E-state index >= 15 is 0 Å². The molecule has 1 saturated carbocycles. The van der Waals surface area contributed by atoms with E-state index in [1.54, 1.807) is 0 Å². The van der Waals surface area contributed by atoms with Crippen molar-refractivity contribution in [3.63, 3.8) is 0 Å². The second-order valence-corrected chi connectivity index (χ2v) is 6.68. The predicted molar refractivity (Wildman–Crippen MR) is 92.6 cm³/mol. The van der Waals surface area contributed by atoms with Crippen LogP contribution < -0.4 is 10.2 Å². The van der Waals surface area contributed by atoms with Gasteiger partial charge < -0.3 is 15.0 Å². The zero-order valence-electron chi connectivity index (χ0n) is 14.1. The average Bonchev–Trinajstić information content (AvgIpc) is 3.44. The van der Waals surface area contributed by atoms with Gasteiger partial charge >= 0.3 is 0 Å². The average molecular weight is 316 g/mol. The molecule has 2 fully saturated rings. The Labute approximate surface area is 139 Å². The maximum absolute atomic E-state index is 12.1. The van der Waals surface area contributed by atoms with Crippen LogP contribution in [-0.4, -0.2) is 32.2 Å². The molecule has 0 radical (unpaired) electrons. The first-order chi connectivity index (χ1) is 11.3. The third-order valence-corrected chi connectivity index (χ3v) is 4.80. The number of hydrogen-bond acceptors (Lipinski definition) is 3. The molecule has 4 heteroatoms. The summed E-state index contributed by atoms with van der Waals surface area (Å²) in [6, 6.07) is 8.95. The van der Waals surface area contributed by atoms with Gasteiger partial charge in [0.2, 0.25) is 5.91 Å². The molecule has 1 amide bonds. The second-order valence-electron chi connectivity index (χ2n) is 6.68. The van der Waals surface area contributed by atoms with Gasteiger partial charge in [-0.25, -0.2) is 0 Å². The molecule has 0 bridgehead atoms. The number of benzene rings is 1. The van der Waals surface area contributed by atoms with Gasteiger partial charge in [0, 0.05) is 25.2 Å². The van der Waals surface area contributed by atoms with Crippen LogP contribution in [0.4, 0.5) is 5.69 Å². The number of nitrogens with one attached hydrogen (secondary N) is 1. The van der Waals surface area contributed by atoms with Crippen LogP contribution >= 0.6 is 0 Å². The van der Waals surface area contributed by atoms with Crippen LogP contribution in [0.15, 0.2) is 24.3 Å². The fraction of sp³-hybridized carbons (Fsp3) is 0.632. The van der Waals surface area contributed by atoms with Gasteiger partial charge in [-0.1, -0.05) is 25.5 Å². The summed E-state index contributed by atoms with van der Waals surface area (Å²) in [5.74, 6) is 0.816. The molecule has 1 aliphatic heterocycles. The highest BCUT2D eigenvalue weighted by molar-refractivity contribution is 5.76. The van der Waals surface area contributed by atoms with Gasteiger partial charge in [-0.3, -0.25) is 4.79 Å². The lowest BCUT2D eigenvalue weighted by atomic mass is 10.0. The van der Waals surface area contributed by atoms with Crippen molar-refractivity contribution in [2.45, 2.75) is 45.1 Å². The number of nitrogens with zero attached hydrogens (tertiary/aromatic N) is 1. The number of hydrogen-bond donors (Lipinski definition) is 1. The molecule has 23 heavy (non-hydrogen) atoms. The summed E-state index contributed by atoms with van der Waals surface area (Å²) in [6.07, 6.45) is 5.13. The molecule has 1 aromatic carbocycles. The first-order valence-corrected chi connectivity index (χ1v) is 9.00. The van der Waals surface area contributed by atoms with Crippen molar-refractivity contribution in [3.05, 3.63) is 29.8 Å². The number of anilines is 1. The molecule has 1 N–H and O–H groups in total. The highest BCUT2D eigenvalue weighted by Crippen LogP contribution is 2.41. The molecule has 1 saturated heterocycles. The lowest BCUT2D eigenvalue weighted by molar-refractivity contribution is -0.122. The molecule has 1 aliphatic carbocycles. The Balaban J connectivity index is 1.64. The van der Waals surface area contributed by atoms with E-state index in [9.17, 15) is 4.79 Å². The minimum atomic E-state index is 0.193. The Morgan fingerprint density at radius 3 is 2.57 bits per heavy atom. The van der Waals surface area contributed by atoms with Gasteiger partial charge in [-0.05, 0) is 42.9 Å². The summed E-state index contributed by atoms with van der Waals surface area (Å²) in [7, 11) is 0. The van der Waals surface area contributed by atoms with Gasteiger partial charge in [0.05, 0.1) is 19.3 Å². The van der Waals surface area contributed by atoms with Crippen LogP contribution in [-0.2, 0) is 9.53 Å². The maximum atomic E-state index is 12.1. The second kappa shape index (κ2) is 7.82. The minimum absolute atomic E-state index is 0.193. The number of carbonyl (C=O) groups is 1. The standard InChI is InChI=1S/C19H28N2O2/c1-2-3-4-18(22)20-19(15-5-6-15)16-7-9-17(10-8-16)21-11-13-23-14-12-21/h7-10,15,19H,2-6,11-14H2,1H3,(H,20,22). The van der Waals surface area contributed by atoms with Crippen LogP contribution in [0.2, 0.25) is 0 Å². The summed E-state index contributed by atoms with van der Waals surface area (Å²) in [5.41, 5.74) is 2.50. The highest BCUT2D eigenvalue weighted by Gasteiger charge is 2.33. The van der Waals surface area contributed by atoms with Crippen molar-refractivity contribution in [1.82, 2.24) is 5.32 Å². The number of morpholine rings is 1. The van der Waals surface area contributed by atoms with Crippen molar-refractivity contribution in [2.24, 2.45) is 5.92 Å². The molecule has 4 nitrogen and oxygen atoms in total. The molecule has 0 aromatic heterocycles. The van der Waals surface area contributed by atoms with E-state index in [0.717, 1.165) is 39.1 Å². The van der Waals surface area contributed by atoms with Crippen LogP contribution in [0, 0.1) is 5.92 Å². The lowest BCUT2D eigenvalue weighted by Gasteiger charge is -2.29. The fourth-order valence-corrected chi connectivity index (χ4v) is 3.20. The molecule has 126 valence electrons. The summed E-state index contributed by atoms with van der Waals surface area (Å²) < 4.78 is 5.41. The van der Waals surface area contributed by atoms with Gasteiger partial charge in [0.1, 0.15) is 0 Å². The molecule has 3 rings (SSSR count). The van der Waals surface area contributed by atoms with E-state index in [1.165, 1.54) is 24.1 Å². The smallest absolute Gasteiger partial charge is 0.220 e. The van der Waals surface area contributed by atoms with E-state index in [0.29, 0.717) is 12.3 Å². The Hall–Kier alpha value is -1.55. The first kappa shape index (κ1) is 16.3. The number of carbonyl (C=O) groups excluding carboxylic acids is 1. The van der Waals surface area contributed by atoms with Crippen LogP contribution in [0.3, 0.4) is 0 Å². The van der Waals surface area contributed by atoms with Crippen molar-refractivity contribution in [3.8, 4) is 0 Å². The monoisotopic (exact) mass is 316 g/mol. The van der Waals surface area contributed by atoms with Gasteiger partial charge in [-0.2, -0.15) is 0 Å². The third-order valence-electron chi connectivity index (χ3n) is 4.80. The van der Waals surface area contributed by atoms with Crippen molar-refractivity contribution < 1.29 is 9.53 Å². The molecule has 1 unspecified atom stereocenters. The minimum Gasteiger partial charge on any atom is -0.378 e. The van der Waals surface area contributed by atoms with Gasteiger partial charge in [0.25, 0.3) is 0 Å². The summed E-state index contributed by atoms with van der Waals surface area (Å²) in [5, 5.41) is 3.26. The highest BCUT2D eigenvalue weighted by atomic mass is 16.5. The molecular formula is C19H28N2O2. The zero-order valence-corrected chi connectivity index (χ0v) is 14.1. The predicted octanol–water partition coefficient (Wildman–Crippen LogP) is 3.28. The SMILES string of the molecule is CCCCC(=O)NC(c1ccc(N2CCOCC2)cc1)C1CC1. The Morgan fingerprint density at radius 2 is 1.96 bits per heavy atom. The zero-order chi connectivity index (χ0) is 16.1. The number of rotatable bonds is 7.